The molecular formula is C12H16IN3O3. The van der Waals surface area contributed by atoms with Crippen LogP contribution in [0.4, 0.5) is 4.79 Å². The SMILES string of the molecule is C[C@H]1Cn2ncc(I)c2C(=O)N1C(=O)OC(C)(C)C. The minimum Gasteiger partial charge on any atom is -0.443 e. The molecule has 0 radical (unpaired) electrons. The van der Waals surface area contributed by atoms with Gasteiger partial charge in [-0.15, -0.1) is 0 Å². The summed E-state index contributed by atoms with van der Waals surface area (Å²) in [7, 11) is 0. The van der Waals surface area contributed by atoms with Crippen LogP contribution < -0.4 is 0 Å². The first kappa shape index (κ1) is 14.3. The van der Waals surface area contributed by atoms with Crippen LogP contribution in [0.2, 0.25) is 0 Å². The Morgan fingerprint density at radius 1 is 1.53 bits per heavy atom. The van der Waals surface area contributed by atoms with Crippen LogP contribution in [0.1, 0.15) is 38.2 Å². The van der Waals surface area contributed by atoms with E-state index in [9.17, 15) is 9.59 Å². The lowest BCUT2D eigenvalue weighted by Gasteiger charge is -2.33. The molecule has 1 aliphatic heterocycles. The molecule has 0 spiro atoms. The number of aromatic nitrogens is 2. The minimum atomic E-state index is -0.623. The number of carbonyl (C=O) groups excluding carboxylic acids is 2. The van der Waals surface area contributed by atoms with E-state index in [2.05, 4.69) is 5.10 Å². The molecule has 0 aromatic carbocycles. The first-order valence-corrected chi connectivity index (χ1v) is 7.06. The number of rotatable bonds is 0. The van der Waals surface area contributed by atoms with Crippen LogP contribution in [0.15, 0.2) is 6.20 Å². The van der Waals surface area contributed by atoms with Crippen molar-refractivity contribution in [3.8, 4) is 0 Å². The second-order valence-corrected chi connectivity index (χ2v) is 6.69. The van der Waals surface area contributed by atoms with Gasteiger partial charge in [0.25, 0.3) is 5.91 Å². The summed E-state index contributed by atoms with van der Waals surface area (Å²) in [4.78, 5) is 25.7. The predicted octanol–water partition coefficient (Wildman–Crippen LogP) is 2.27. The number of amides is 2. The normalized spacial score (nSPS) is 19.3. The molecule has 6 nitrogen and oxygen atoms in total. The Morgan fingerprint density at radius 2 is 2.16 bits per heavy atom. The number of hydrogen-bond acceptors (Lipinski definition) is 4. The fourth-order valence-electron chi connectivity index (χ4n) is 1.93. The Morgan fingerprint density at radius 3 is 2.74 bits per heavy atom. The van der Waals surface area contributed by atoms with Crippen LogP contribution in [-0.2, 0) is 11.3 Å². The molecule has 2 heterocycles. The quantitative estimate of drug-likeness (QED) is 0.651. The van der Waals surface area contributed by atoms with Crippen molar-refractivity contribution in [2.45, 2.75) is 45.9 Å². The highest BCUT2D eigenvalue weighted by Crippen LogP contribution is 2.23. The van der Waals surface area contributed by atoms with Crippen LogP contribution >= 0.6 is 22.6 Å². The van der Waals surface area contributed by atoms with E-state index < -0.39 is 11.7 Å². The molecule has 0 unspecified atom stereocenters. The molecule has 0 saturated heterocycles. The van der Waals surface area contributed by atoms with Crippen LogP contribution in [0, 0.1) is 3.57 Å². The summed E-state index contributed by atoms with van der Waals surface area (Å²) in [6.07, 6.45) is 1.02. The van der Waals surface area contributed by atoms with Gasteiger partial charge in [0.15, 0.2) is 0 Å². The Balaban J connectivity index is 2.30. The maximum Gasteiger partial charge on any atom is 0.417 e. The molecular weight excluding hydrogens is 361 g/mol. The average Bonchev–Trinajstić information content (AvgIpc) is 2.57. The van der Waals surface area contributed by atoms with Gasteiger partial charge in [0, 0.05) is 0 Å². The molecule has 2 amide bonds. The van der Waals surface area contributed by atoms with Gasteiger partial charge in [0.05, 0.1) is 22.4 Å². The number of halogens is 1. The Kier molecular flexibility index (Phi) is 3.59. The molecule has 0 fully saturated rings. The first-order chi connectivity index (χ1) is 8.70. The van der Waals surface area contributed by atoms with E-state index in [0.717, 1.165) is 3.57 Å². The van der Waals surface area contributed by atoms with Gasteiger partial charge in [-0.25, -0.2) is 9.69 Å². The standard InChI is InChI=1S/C12H16IN3O3/c1-7-6-15-9(8(13)5-14-15)10(17)16(7)11(18)19-12(2,3)4/h5,7H,6H2,1-4H3/t7-/m0/s1. The molecule has 0 saturated carbocycles. The number of carbonyl (C=O) groups is 2. The van der Waals surface area contributed by atoms with E-state index >= 15 is 0 Å². The molecule has 2 rings (SSSR count). The summed E-state index contributed by atoms with van der Waals surface area (Å²) in [5, 5.41) is 4.14. The summed E-state index contributed by atoms with van der Waals surface area (Å²) in [6, 6.07) is -0.273. The third-order valence-electron chi connectivity index (χ3n) is 2.68. The van der Waals surface area contributed by atoms with E-state index in [1.165, 1.54) is 4.90 Å². The summed E-state index contributed by atoms with van der Waals surface area (Å²) in [5.74, 6) is -0.352. The first-order valence-electron chi connectivity index (χ1n) is 5.98. The van der Waals surface area contributed by atoms with Crippen molar-refractivity contribution in [2.24, 2.45) is 0 Å². The highest BCUT2D eigenvalue weighted by atomic mass is 127. The molecule has 0 N–H and O–H groups in total. The van der Waals surface area contributed by atoms with Gasteiger partial charge in [-0.05, 0) is 50.3 Å². The second kappa shape index (κ2) is 4.77. The smallest absolute Gasteiger partial charge is 0.417 e. The maximum atomic E-state index is 12.4. The maximum absolute atomic E-state index is 12.4. The van der Waals surface area contributed by atoms with Crippen molar-refractivity contribution in [2.75, 3.05) is 0 Å². The summed E-state index contributed by atoms with van der Waals surface area (Å²) in [5.41, 5.74) is -0.174. The van der Waals surface area contributed by atoms with Crippen molar-refractivity contribution in [1.29, 1.82) is 0 Å². The van der Waals surface area contributed by atoms with Crippen LogP contribution in [0.25, 0.3) is 0 Å². The second-order valence-electron chi connectivity index (χ2n) is 5.53. The van der Waals surface area contributed by atoms with Crippen molar-refractivity contribution >= 4 is 34.6 Å². The Bertz CT molecular complexity index is 533. The number of ether oxygens (including phenoxy) is 1. The molecule has 1 atom stereocenters. The summed E-state index contributed by atoms with van der Waals surface area (Å²) in [6.45, 7) is 7.62. The molecule has 7 heteroatoms. The average molecular weight is 377 g/mol. The van der Waals surface area contributed by atoms with Crippen LogP contribution in [-0.4, -0.2) is 38.3 Å². The Hall–Kier alpha value is -1.12. The van der Waals surface area contributed by atoms with Crippen molar-refractivity contribution < 1.29 is 14.3 Å². The van der Waals surface area contributed by atoms with E-state index in [1.807, 2.05) is 22.6 Å². The number of hydrogen-bond donors (Lipinski definition) is 0. The van der Waals surface area contributed by atoms with Crippen LogP contribution in [0.5, 0.6) is 0 Å². The number of nitrogens with zero attached hydrogens (tertiary/aromatic N) is 3. The lowest BCUT2D eigenvalue weighted by Crippen LogP contribution is -2.51. The largest absolute Gasteiger partial charge is 0.443 e. The lowest BCUT2D eigenvalue weighted by atomic mass is 10.2. The summed E-state index contributed by atoms with van der Waals surface area (Å²) >= 11 is 2.04. The summed E-state index contributed by atoms with van der Waals surface area (Å²) < 4.78 is 7.66. The highest BCUT2D eigenvalue weighted by molar-refractivity contribution is 14.1. The molecule has 0 bridgehead atoms. The number of imide groups is 1. The monoisotopic (exact) mass is 377 g/mol. The predicted molar refractivity (Wildman–Crippen MR) is 76.8 cm³/mol. The van der Waals surface area contributed by atoms with Crippen molar-refractivity contribution in [3.05, 3.63) is 15.5 Å². The molecule has 104 valence electrons. The molecule has 1 aromatic rings. The zero-order valence-electron chi connectivity index (χ0n) is 11.3. The number of fused-ring (bicyclic) bond motifs is 1. The topological polar surface area (TPSA) is 64.4 Å². The molecule has 1 aromatic heterocycles. The van der Waals surface area contributed by atoms with E-state index in [-0.39, 0.29) is 11.9 Å². The van der Waals surface area contributed by atoms with Gasteiger partial charge in [-0.3, -0.25) is 9.48 Å². The molecule has 1 aliphatic rings. The zero-order chi connectivity index (χ0) is 14.4. The van der Waals surface area contributed by atoms with Crippen LogP contribution in [0.3, 0.4) is 0 Å². The lowest BCUT2D eigenvalue weighted by molar-refractivity contribution is 0.0129. The third kappa shape index (κ3) is 2.75. The fourth-order valence-corrected chi connectivity index (χ4v) is 2.57. The van der Waals surface area contributed by atoms with Gasteiger partial charge >= 0.3 is 6.09 Å². The van der Waals surface area contributed by atoms with Gasteiger partial charge < -0.3 is 4.74 Å². The van der Waals surface area contributed by atoms with Gasteiger partial charge in [0.1, 0.15) is 11.3 Å². The van der Waals surface area contributed by atoms with E-state index in [0.29, 0.717) is 12.2 Å². The van der Waals surface area contributed by atoms with Gasteiger partial charge in [-0.1, -0.05) is 0 Å². The van der Waals surface area contributed by atoms with Gasteiger partial charge in [-0.2, -0.15) is 5.10 Å². The van der Waals surface area contributed by atoms with E-state index in [1.54, 1.807) is 38.6 Å². The highest BCUT2D eigenvalue weighted by Gasteiger charge is 2.38. The van der Waals surface area contributed by atoms with E-state index in [4.69, 9.17) is 4.74 Å². The molecule has 0 aliphatic carbocycles. The molecule has 19 heavy (non-hydrogen) atoms. The van der Waals surface area contributed by atoms with Crippen molar-refractivity contribution in [1.82, 2.24) is 14.7 Å². The zero-order valence-corrected chi connectivity index (χ0v) is 13.5. The minimum absolute atomic E-state index is 0.273. The Labute approximate surface area is 125 Å². The van der Waals surface area contributed by atoms with Gasteiger partial charge in [0.2, 0.25) is 0 Å². The van der Waals surface area contributed by atoms with Crippen molar-refractivity contribution in [3.63, 3.8) is 0 Å². The third-order valence-corrected chi connectivity index (χ3v) is 3.47. The fraction of sp³-hybridized carbons (Fsp3) is 0.583.